The lowest BCUT2D eigenvalue weighted by Crippen LogP contribution is -2.41. The maximum absolute atomic E-state index is 5.96. The smallest absolute Gasteiger partial charge is 0.134 e. The molecule has 0 amide bonds. The summed E-state index contributed by atoms with van der Waals surface area (Å²) in [6, 6.07) is 8.33. The van der Waals surface area contributed by atoms with Crippen LogP contribution in [0, 0.1) is 0 Å². The molecule has 18 heavy (non-hydrogen) atoms. The molecular weight excluding hydrogens is 228 g/mol. The highest BCUT2D eigenvalue weighted by Crippen LogP contribution is 2.29. The lowest BCUT2D eigenvalue weighted by atomic mass is 10.0. The van der Waals surface area contributed by atoms with Gasteiger partial charge in [0, 0.05) is 30.6 Å². The van der Waals surface area contributed by atoms with Crippen LogP contribution >= 0.6 is 0 Å². The van der Waals surface area contributed by atoms with Gasteiger partial charge in [0.2, 0.25) is 0 Å². The molecule has 1 unspecified atom stereocenters. The van der Waals surface area contributed by atoms with Crippen LogP contribution in [0.5, 0.6) is 0 Å². The number of fused-ring (bicyclic) bond motifs is 1. The van der Waals surface area contributed by atoms with E-state index in [9.17, 15) is 0 Å². The second kappa shape index (κ2) is 5.10. The number of nitrogens with zero attached hydrogens (tertiary/aromatic N) is 1. The van der Waals surface area contributed by atoms with Crippen molar-refractivity contribution in [1.82, 2.24) is 4.90 Å². The number of nitrogens with two attached hydrogens (primary N) is 1. The van der Waals surface area contributed by atoms with E-state index in [1.807, 2.05) is 24.5 Å². The van der Waals surface area contributed by atoms with E-state index < -0.39 is 0 Å². The van der Waals surface area contributed by atoms with Crippen molar-refractivity contribution in [2.45, 2.75) is 6.04 Å². The molecule has 0 bridgehead atoms. The number of hydrogen-bond acceptors (Lipinski definition) is 4. The minimum Gasteiger partial charge on any atom is -0.464 e. The highest BCUT2D eigenvalue weighted by atomic mass is 16.5. The maximum atomic E-state index is 5.96. The number of rotatable bonds is 3. The molecule has 1 saturated heterocycles. The molecule has 2 N–H and O–H groups in total. The molecule has 0 spiro atoms. The number of hydrogen-bond donors (Lipinski definition) is 1. The molecule has 4 nitrogen and oxygen atoms in total. The van der Waals surface area contributed by atoms with Crippen LogP contribution in [0.2, 0.25) is 0 Å². The summed E-state index contributed by atoms with van der Waals surface area (Å²) in [5.41, 5.74) is 8.08. The Labute approximate surface area is 106 Å². The molecule has 0 saturated carbocycles. The Morgan fingerprint density at radius 3 is 2.78 bits per heavy atom. The standard InChI is InChI=1S/C14H18N2O2/c15-9-13(16-5-7-17-8-6-16)12-10-18-14-4-2-1-3-11(12)14/h1-4,10,13H,5-9,15H2. The van der Waals surface area contributed by atoms with Crippen molar-refractivity contribution >= 4 is 11.0 Å². The summed E-state index contributed by atoms with van der Waals surface area (Å²) >= 11 is 0. The summed E-state index contributed by atoms with van der Waals surface area (Å²) in [5, 5.41) is 1.17. The molecule has 1 aliphatic rings. The highest BCUT2D eigenvalue weighted by Gasteiger charge is 2.24. The monoisotopic (exact) mass is 246 g/mol. The van der Waals surface area contributed by atoms with Gasteiger partial charge in [-0.3, -0.25) is 4.90 Å². The van der Waals surface area contributed by atoms with E-state index in [4.69, 9.17) is 14.9 Å². The van der Waals surface area contributed by atoms with Gasteiger partial charge in [-0.25, -0.2) is 0 Å². The third-order valence-electron chi connectivity index (χ3n) is 3.58. The Kier molecular flexibility index (Phi) is 3.32. The summed E-state index contributed by atoms with van der Waals surface area (Å²) < 4.78 is 11.0. The average Bonchev–Trinajstić information content (AvgIpc) is 2.85. The third-order valence-corrected chi connectivity index (χ3v) is 3.58. The van der Waals surface area contributed by atoms with Crippen LogP contribution in [0.15, 0.2) is 34.9 Å². The number of morpholine rings is 1. The van der Waals surface area contributed by atoms with Crippen LogP contribution < -0.4 is 5.73 Å². The SMILES string of the molecule is NCC(c1coc2ccccc12)N1CCOCC1. The third kappa shape index (κ3) is 2.03. The Morgan fingerprint density at radius 1 is 1.22 bits per heavy atom. The Bertz CT molecular complexity index is 517. The molecule has 1 atom stereocenters. The number of furan rings is 1. The largest absolute Gasteiger partial charge is 0.464 e. The molecule has 2 heterocycles. The first-order chi connectivity index (χ1) is 8.90. The number of ether oxygens (including phenoxy) is 1. The van der Waals surface area contributed by atoms with Crippen molar-refractivity contribution in [3.05, 3.63) is 36.1 Å². The molecular formula is C14H18N2O2. The van der Waals surface area contributed by atoms with E-state index in [2.05, 4.69) is 11.0 Å². The Morgan fingerprint density at radius 2 is 2.00 bits per heavy atom. The second-order valence-corrected chi connectivity index (χ2v) is 4.59. The van der Waals surface area contributed by atoms with E-state index in [-0.39, 0.29) is 6.04 Å². The van der Waals surface area contributed by atoms with Crippen LogP contribution in [-0.2, 0) is 4.74 Å². The normalized spacial score (nSPS) is 19.2. The van der Waals surface area contributed by atoms with Gasteiger partial charge in [-0.15, -0.1) is 0 Å². The number of para-hydroxylation sites is 1. The molecule has 96 valence electrons. The summed E-state index contributed by atoms with van der Waals surface area (Å²) in [6.45, 7) is 4.03. The van der Waals surface area contributed by atoms with Crippen molar-refractivity contribution in [2.75, 3.05) is 32.8 Å². The van der Waals surface area contributed by atoms with E-state index in [0.717, 1.165) is 31.9 Å². The zero-order valence-electron chi connectivity index (χ0n) is 10.3. The van der Waals surface area contributed by atoms with Crippen molar-refractivity contribution < 1.29 is 9.15 Å². The first-order valence-corrected chi connectivity index (χ1v) is 6.38. The lowest BCUT2D eigenvalue weighted by molar-refractivity contribution is 0.0180. The molecule has 0 radical (unpaired) electrons. The van der Waals surface area contributed by atoms with Gasteiger partial charge in [0.15, 0.2) is 0 Å². The maximum Gasteiger partial charge on any atom is 0.134 e. The summed E-state index contributed by atoms with van der Waals surface area (Å²) in [6.07, 6.45) is 1.84. The fourth-order valence-corrected chi connectivity index (χ4v) is 2.62. The molecule has 4 heteroatoms. The minimum atomic E-state index is 0.220. The number of benzene rings is 1. The zero-order valence-corrected chi connectivity index (χ0v) is 10.3. The average molecular weight is 246 g/mol. The van der Waals surface area contributed by atoms with Gasteiger partial charge >= 0.3 is 0 Å². The van der Waals surface area contributed by atoms with Crippen LogP contribution in [-0.4, -0.2) is 37.7 Å². The van der Waals surface area contributed by atoms with E-state index >= 15 is 0 Å². The zero-order chi connectivity index (χ0) is 12.4. The fourth-order valence-electron chi connectivity index (χ4n) is 2.62. The van der Waals surface area contributed by atoms with Gasteiger partial charge in [0.1, 0.15) is 5.58 Å². The highest BCUT2D eigenvalue weighted by molar-refractivity contribution is 5.81. The Hall–Kier alpha value is -1.36. The molecule has 3 rings (SSSR count). The van der Waals surface area contributed by atoms with Crippen molar-refractivity contribution in [3.63, 3.8) is 0 Å². The fraction of sp³-hybridized carbons (Fsp3) is 0.429. The van der Waals surface area contributed by atoms with Gasteiger partial charge in [-0.1, -0.05) is 18.2 Å². The first kappa shape index (κ1) is 11.7. The van der Waals surface area contributed by atoms with E-state index in [0.29, 0.717) is 6.54 Å². The van der Waals surface area contributed by atoms with Crippen LogP contribution in [0.3, 0.4) is 0 Å². The molecule has 1 aromatic heterocycles. The first-order valence-electron chi connectivity index (χ1n) is 6.38. The second-order valence-electron chi connectivity index (χ2n) is 4.59. The van der Waals surface area contributed by atoms with E-state index in [1.165, 1.54) is 10.9 Å². The molecule has 0 aliphatic carbocycles. The molecule has 1 aliphatic heterocycles. The summed E-state index contributed by atoms with van der Waals surface area (Å²) in [7, 11) is 0. The van der Waals surface area contributed by atoms with E-state index in [1.54, 1.807) is 0 Å². The van der Waals surface area contributed by atoms with Gasteiger partial charge < -0.3 is 14.9 Å². The topological polar surface area (TPSA) is 51.6 Å². The van der Waals surface area contributed by atoms with Crippen LogP contribution in [0.1, 0.15) is 11.6 Å². The predicted octanol–water partition coefficient (Wildman–Crippen LogP) is 1.76. The predicted molar refractivity (Wildman–Crippen MR) is 70.4 cm³/mol. The molecule has 1 fully saturated rings. The van der Waals surface area contributed by atoms with Gasteiger partial charge in [0.05, 0.1) is 25.5 Å². The van der Waals surface area contributed by atoms with Gasteiger partial charge in [0.25, 0.3) is 0 Å². The van der Waals surface area contributed by atoms with Gasteiger partial charge in [-0.2, -0.15) is 0 Å². The summed E-state index contributed by atoms with van der Waals surface area (Å²) in [5.74, 6) is 0. The summed E-state index contributed by atoms with van der Waals surface area (Å²) in [4.78, 5) is 2.38. The minimum absolute atomic E-state index is 0.220. The van der Waals surface area contributed by atoms with Crippen molar-refractivity contribution in [1.29, 1.82) is 0 Å². The lowest BCUT2D eigenvalue weighted by Gasteiger charge is -2.33. The molecule has 1 aromatic carbocycles. The van der Waals surface area contributed by atoms with Crippen molar-refractivity contribution in [2.24, 2.45) is 5.73 Å². The van der Waals surface area contributed by atoms with Gasteiger partial charge in [-0.05, 0) is 6.07 Å². The van der Waals surface area contributed by atoms with Crippen LogP contribution in [0.4, 0.5) is 0 Å². The van der Waals surface area contributed by atoms with Crippen LogP contribution in [0.25, 0.3) is 11.0 Å². The Balaban J connectivity index is 1.95. The van der Waals surface area contributed by atoms with Crippen molar-refractivity contribution in [3.8, 4) is 0 Å². The molecule has 2 aromatic rings. The quantitative estimate of drug-likeness (QED) is 0.896.